The average molecular weight is 306 g/mol. The van der Waals surface area contributed by atoms with Crippen LogP contribution in [0.3, 0.4) is 0 Å². The second kappa shape index (κ2) is 6.71. The van der Waals surface area contributed by atoms with Gasteiger partial charge < -0.3 is 15.1 Å². The van der Waals surface area contributed by atoms with Gasteiger partial charge in [-0.25, -0.2) is 4.98 Å². The Morgan fingerprint density at radius 1 is 1.36 bits per heavy atom. The van der Waals surface area contributed by atoms with E-state index in [0.717, 1.165) is 18.3 Å². The molecule has 0 aromatic carbocycles. The number of nitrogens with zero attached hydrogens (tertiary/aromatic N) is 2. The van der Waals surface area contributed by atoms with Gasteiger partial charge in [-0.05, 0) is 24.7 Å². The Labute approximate surface area is 134 Å². The zero-order chi connectivity index (χ0) is 16.2. The number of hydrogen-bond acceptors (Lipinski definition) is 3. The fourth-order valence-electron chi connectivity index (χ4n) is 2.72. The first-order chi connectivity index (χ1) is 10.4. The molecule has 1 fully saturated rings. The first-order valence-corrected chi connectivity index (χ1v) is 8.28. The van der Waals surface area contributed by atoms with Crippen LogP contribution in [-0.2, 0) is 12.0 Å². The van der Waals surface area contributed by atoms with E-state index in [1.165, 1.54) is 25.7 Å². The van der Waals surface area contributed by atoms with Gasteiger partial charge >= 0.3 is 0 Å². The van der Waals surface area contributed by atoms with Gasteiger partial charge in [0.1, 0.15) is 5.76 Å². The lowest BCUT2D eigenvalue weighted by atomic mass is 9.67. The summed E-state index contributed by atoms with van der Waals surface area (Å²) in [6.45, 7) is 10.2. The summed E-state index contributed by atoms with van der Waals surface area (Å²) in [7, 11) is 1.80. The number of nitrogens with one attached hydrogen (secondary N) is 2. The van der Waals surface area contributed by atoms with E-state index in [1.54, 1.807) is 7.05 Å². The molecule has 0 saturated heterocycles. The van der Waals surface area contributed by atoms with Crippen molar-refractivity contribution >= 4 is 5.96 Å². The van der Waals surface area contributed by atoms with E-state index in [4.69, 9.17) is 4.42 Å². The third kappa shape index (κ3) is 4.02. The molecule has 0 radical (unpaired) electrons. The Hall–Kier alpha value is -1.52. The molecule has 0 unspecified atom stereocenters. The van der Waals surface area contributed by atoms with Gasteiger partial charge in [-0.3, -0.25) is 4.99 Å². The third-order valence-corrected chi connectivity index (χ3v) is 4.72. The van der Waals surface area contributed by atoms with Crippen LogP contribution >= 0.6 is 0 Å². The monoisotopic (exact) mass is 306 g/mol. The molecule has 0 atom stereocenters. The molecule has 1 saturated carbocycles. The van der Waals surface area contributed by atoms with Crippen LogP contribution in [0.4, 0.5) is 0 Å². The van der Waals surface area contributed by atoms with Gasteiger partial charge in [0.2, 0.25) is 5.89 Å². The van der Waals surface area contributed by atoms with Crippen molar-refractivity contribution in [3.63, 3.8) is 0 Å². The van der Waals surface area contributed by atoms with E-state index in [2.05, 4.69) is 48.3 Å². The van der Waals surface area contributed by atoms with Crippen molar-refractivity contribution in [2.75, 3.05) is 13.6 Å². The van der Waals surface area contributed by atoms with Crippen LogP contribution in [-0.4, -0.2) is 24.5 Å². The molecule has 1 aromatic rings. The first-order valence-electron chi connectivity index (χ1n) is 8.28. The average Bonchev–Trinajstić information content (AvgIpc) is 2.90. The number of aromatic nitrogens is 1. The van der Waals surface area contributed by atoms with Crippen molar-refractivity contribution in [2.45, 2.75) is 65.3 Å². The summed E-state index contributed by atoms with van der Waals surface area (Å²) in [5.74, 6) is 2.42. The van der Waals surface area contributed by atoms with Gasteiger partial charge in [-0.2, -0.15) is 0 Å². The van der Waals surface area contributed by atoms with Gasteiger partial charge in [-0.1, -0.05) is 34.1 Å². The summed E-state index contributed by atoms with van der Waals surface area (Å²) in [6, 6.07) is 0. The van der Waals surface area contributed by atoms with E-state index in [1.807, 2.05) is 6.20 Å². The molecule has 0 bridgehead atoms. The van der Waals surface area contributed by atoms with Gasteiger partial charge in [0.05, 0.1) is 12.7 Å². The predicted octanol–water partition coefficient (Wildman–Crippen LogP) is 3.22. The zero-order valence-electron chi connectivity index (χ0n) is 14.6. The maximum absolute atomic E-state index is 5.79. The number of rotatable bonds is 5. The van der Waals surface area contributed by atoms with Crippen LogP contribution in [0.2, 0.25) is 0 Å². The molecule has 0 spiro atoms. The van der Waals surface area contributed by atoms with Crippen LogP contribution in [0.25, 0.3) is 0 Å². The molecule has 0 amide bonds. The molecular formula is C17H30N4O. The standard InChI is InChI=1S/C17H30N4O/c1-6-17(8-7-9-17)12-21-15(18-5)20-11-14-19-10-13(22-14)16(2,3)4/h10H,6-9,11-12H2,1-5H3,(H2,18,20,21). The van der Waals surface area contributed by atoms with E-state index < -0.39 is 0 Å². The van der Waals surface area contributed by atoms with E-state index in [0.29, 0.717) is 17.9 Å². The Kier molecular flexibility index (Phi) is 5.14. The highest BCUT2D eigenvalue weighted by atomic mass is 16.4. The smallest absolute Gasteiger partial charge is 0.213 e. The number of hydrogen-bond donors (Lipinski definition) is 2. The number of aliphatic imine (C=N–C) groups is 1. The van der Waals surface area contributed by atoms with E-state index in [-0.39, 0.29) is 5.41 Å². The molecule has 1 aromatic heterocycles. The highest BCUT2D eigenvalue weighted by Crippen LogP contribution is 2.42. The van der Waals surface area contributed by atoms with Crippen molar-refractivity contribution in [1.29, 1.82) is 0 Å². The summed E-state index contributed by atoms with van der Waals surface area (Å²) in [4.78, 5) is 8.61. The molecule has 124 valence electrons. The molecule has 22 heavy (non-hydrogen) atoms. The zero-order valence-corrected chi connectivity index (χ0v) is 14.6. The van der Waals surface area contributed by atoms with Crippen LogP contribution in [0.1, 0.15) is 65.0 Å². The molecule has 5 heteroatoms. The van der Waals surface area contributed by atoms with Crippen molar-refractivity contribution < 1.29 is 4.42 Å². The Bertz CT molecular complexity index is 503. The summed E-state index contributed by atoms with van der Waals surface area (Å²) in [5.41, 5.74) is 0.461. The van der Waals surface area contributed by atoms with Gasteiger partial charge in [0, 0.05) is 19.0 Å². The summed E-state index contributed by atoms with van der Waals surface area (Å²) in [6.07, 6.45) is 7.04. The minimum atomic E-state index is -0.0110. The molecule has 2 N–H and O–H groups in total. The van der Waals surface area contributed by atoms with Crippen LogP contribution in [0.15, 0.2) is 15.6 Å². The third-order valence-electron chi connectivity index (χ3n) is 4.72. The summed E-state index contributed by atoms with van der Waals surface area (Å²) >= 11 is 0. The molecule has 5 nitrogen and oxygen atoms in total. The van der Waals surface area contributed by atoms with Gasteiger partial charge in [-0.15, -0.1) is 0 Å². The van der Waals surface area contributed by atoms with E-state index in [9.17, 15) is 0 Å². The topological polar surface area (TPSA) is 62.5 Å². The predicted molar refractivity (Wildman–Crippen MR) is 90.0 cm³/mol. The second-order valence-electron chi connectivity index (χ2n) is 7.35. The minimum Gasteiger partial charge on any atom is -0.443 e. The lowest BCUT2D eigenvalue weighted by molar-refractivity contribution is 0.131. The van der Waals surface area contributed by atoms with Gasteiger partial charge in [0.25, 0.3) is 0 Å². The molecule has 1 heterocycles. The quantitative estimate of drug-likeness (QED) is 0.647. The number of guanidine groups is 1. The fraction of sp³-hybridized carbons (Fsp3) is 0.765. The highest BCUT2D eigenvalue weighted by Gasteiger charge is 2.34. The fourth-order valence-corrected chi connectivity index (χ4v) is 2.72. The Morgan fingerprint density at radius 2 is 2.09 bits per heavy atom. The van der Waals surface area contributed by atoms with Crippen LogP contribution in [0.5, 0.6) is 0 Å². The lowest BCUT2D eigenvalue weighted by Crippen LogP contribution is -2.46. The maximum Gasteiger partial charge on any atom is 0.213 e. The van der Waals surface area contributed by atoms with Crippen molar-refractivity contribution in [3.8, 4) is 0 Å². The van der Waals surface area contributed by atoms with Crippen molar-refractivity contribution in [1.82, 2.24) is 15.6 Å². The van der Waals surface area contributed by atoms with Gasteiger partial charge in [0.15, 0.2) is 5.96 Å². The Balaban J connectivity index is 1.82. The Morgan fingerprint density at radius 3 is 2.55 bits per heavy atom. The maximum atomic E-state index is 5.79. The largest absolute Gasteiger partial charge is 0.443 e. The molecule has 1 aliphatic carbocycles. The first kappa shape index (κ1) is 16.8. The molecule has 1 aliphatic rings. The van der Waals surface area contributed by atoms with Crippen LogP contribution < -0.4 is 10.6 Å². The van der Waals surface area contributed by atoms with Crippen molar-refractivity contribution in [3.05, 3.63) is 17.8 Å². The van der Waals surface area contributed by atoms with E-state index >= 15 is 0 Å². The normalized spacial score (nSPS) is 18.0. The highest BCUT2D eigenvalue weighted by molar-refractivity contribution is 5.79. The minimum absolute atomic E-state index is 0.0110. The molecule has 0 aliphatic heterocycles. The number of oxazole rings is 1. The summed E-state index contributed by atoms with van der Waals surface area (Å²) in [5, 5.41) is 6.72. The summed E-state index contributed by atoms with van der Waals surface area (Å²) < 4.78 is 5.79. The van der Waals surface area contributed by atoms with Crippen LogP contribution in [0, 0.1) is 5.41 Å². The molecule has 2 rings (SSSR count). The van der Waals surface area contributed by atoms with Crippen molar-refractivity contribution in [2.24, 2.45) is 10.4 Å². The SMILES string of the molecule is CCC1(CNC(=NC)NCc2ncc(C(C)(C)C)o2)CCC1. The lowest BCUT2D eigenvalue weighted by Gasteiger charge is -2.41. The molecular weight excluding hydrogens is 276 g/mol. The second-order valence-corrected chi connectivity index (χ2v) is 7.35.